The Kier molecular flexibility index (Phi) is 3.98. The van der Waals surface area contributed by atoms with E-state index in [1.807, 2.05) is 17.5 Å². The quantitative estimate of drug-likeness (QED) is 0.940. The number of thiophene rings is 1. The van der Waals surface area contributed by atoms with Crippen LogP contribution in [0.2, 0.25) is 0 Å². The van der Waals surface area contributed by atoms with Crippen LogP contribution in [0.3, 0.4) is 0 Å². The minimum atomic E-state index is -0.771. The fraction of sp³-hybridized carbons (Fsp3) is 0.400. The first kappa shape index (κ1) is 14.8. The molecule has 0 saturated carbocycles. The van der Waals surface area contributed by atoms with Gasteiger partial charge in [-0.25, -0.2) is 0 Å². The van der Waals surface area contributed by atoms with Crippen LogP contribution in [-0.4, -0.2) is 44.8 Å². The summed E-state index contributed by atoms with van der Waals surface area (Å²) in [6.45, 7) is 0.961. The molecule has 0 spiro atoms. The summed E-state index contributed by atoms with van der Waals surface area (Å²) >= 11 is 1.55. The van der Waals surface area contributed by atoms with Crippen molar-refractivity contribution in [1.82, 2.24) is 14.7 Å². The molecule has 1 saturated heterocycles. The van der Waals surface area contributed by atoms with Crippen molar-refractivity contribution in [3.05, 3.63) is 29.3 Å². The van der Waals surface area contributed by atoms with Crippen molar-refractivity contribution >= 4 is 23.2 Å². The van der Waals surface area contributed by atoms with Crippen LogP contribution in [0.25, 0.3) is 10.6 Å². The number of hydrogen-bond acceptors (Lipinski definition) is 4. The Balaban J connectivity index is 1.80. The van der Waals surface area contributed by atoms with Gasteiger partial charge in [-0.2, -0.15) is 5.10 Å². The molecule has 0 bridgehead atoms. The summed E-state index contributed by atoms with van der Waals surface area (Å²) < 4.78 is 1.65. The third-order valence-electron chi connectivity index (χ3n) is 3.95. The molecule has 1 aliphatic rings. The molecule has 2 aromatic heterocycles. The first-order valence-electron chi connectivity index (χ1n) is 7.16. The molecule has 6 nitrogen and oxygen atoms in total. The van der Waals surface area contributed by atoms with Crippen molar-refractivity contribution in [2.24, 2.45) is 13.0 Å². The van der Waals surface area contributed by atoms with Gasteiger partial charge in [0.1, 0.15) is 5.69 Å². The first-order chi connectivity index (χ1) is 10.6. The molecule has 1 fully saturated rings. The molecule has 22 heavy (non-hydrogen) atoms. The lowest BCUT2D eigenvalue weighted by atomic mass is 9.96. The lowest BCUT2D eigenvalue weighted by molar-refractivity contribution is -0.143. The minimum Gasteiger partial charge on any atom is -0.481 e. The monoisotopic (exact) mass is 319 g/mol. The van der Waals surface area contributed by atoms with Gasteiger partial charge in [-0.3, -0.25) is 14.3 Å². The van der Waals surface area contributed by atoms with Crippen molar-refractivity contribution < 1.29 is 14.7 Å². The average molecular weight is 319 g/mol. The smallest absolute Gasteiger partial charge is 0.306 e. The molecule has 1 amide bonds. The number of rotatable bonds is 3. The molecule has 0 aliphatic carbocycles. The van der Waals surface area contributed by atoms with Crippen LogP contribution in [-0.2, 0) is 11.8 Å². The summed E-state index contributed by atoms with van der Waals surface area (Å²) in [4.78, 5) is 26.4. The van der Waals surface area contributed by atoms with Crippen molar-refractivity contribution in [3.8, 4) is 10.6 Å². The van der Waals surface area contributed by atoms with E-state index in [4.69, 9.17) is 5.11 Å². The number of carbonyl (C=O) groups excluding carboxylic acids is 1. The van der Waals surface area contributed by atoms with Gasteiger partial charge in [-0.1, -0.05) is 6.07 Å². The summed E-state index contributed by atoms with van der Waals surface area (Å²) in [5, 5.41) is 15.4. The Hall–Kier alpha value is -2.15. The predicted molar refractivity (Wildman–Crippen MR) is 82.8 cm³/mol. The van der Waals surface area contributed by atoms with E-state index < -0.39 is 5.97 Å². The number of likely N-dealkylation sites (tertiary alicyclic amines) is 1. The predicted octanol–water partition coefficient (Wildman–Crippen LogP) is 2.09. The second-order valence-corrected chi connectivity index (χ2v) is 6.39. The van der Waals surface area contributed by atoms with Gasteiger partial charge in [0.05, 0.1) is 16.4 Å². The number of carbonyl (C=O) groups is 2. The van der Waals surface area contributed by atoms with Crippen LogP contribution >= 0.6 is 11.3 Å². The zero-order valence-electron chi connectivity index (χ0n) is 12.2. The van der Waals surface area contributed by atoms with Gasteiger partial charge in [0.15, 0.2) is 0 Å². The van der Waals surface area contributed by atoms with E-state index in [1.54, 1.807) is 34.2 Å². The highest BCUT2D eigenvalue weighted by Crippen LogP contribution is 2.28. The molecule has 1 aliphatic heterocycles. The Morgan fingerprint density at radius 3 is 2.68 bits per heavy atom. The van der Waals surface area contributed by atoms with E-state index in [0.717, 1.165) is 4.88 Å². The molecule has 3 rings (SSSR count). The molecule has 2 aromatic rings. The molecule has 0 radical (unpaired) electrons. The van der Waals surface area contributed by atoms with Crippen molar-refractivity contribution in [2.45, 2.75) is 12.8 Å². The normalized spacial score (nSPS) is 16.0. The molecule has 0 atom stereocenters. The summed E-state index contributed by atoms with van der Waals surface area (Å²) in [6.07, 6.45) is 2.76. The Morgan fingerprint density at radius 1 is 1.36 bits per heavy atom. The highest BCUT2D eigenvalue weighted by Gasteiger charge is 2.29. The molecule has 0 unspecified atom stereocenters. The maximum atomic E-state index is 12.7. The maximum absolute atomic E-state index is 12.7. The average Bonchev–Trinajstić information content (AvgIpc) is 3.15. The molecule has 3 heterocycles. The van der Waals surface area contributed by atoms with Gasteiger partial charge in [-0.15, -0.1) is 11.3 Å². The minimum absolute atomic E-state index is 0.0691. The third kappa shape index (κ3) is 2.76. The Bertz CT molecular complexity index is 685. The summed E-state index contributed by atoms with van der Waals surface area (Å²) in [6, 6.07) is 3.88. The number of carboxylic acid groups (broad SMARTS) is 1. The van der Waals surface area contributed by atoms with Crippen LogP contribution in [0.1, 0.15) is 23.2 Å². The standard InChI is InChI=1S/C15H17N3O3S/c1-17-9-11(13(16-17)12-3-2-8-22-12)14(19)18-6-4-10(5-7-18)15(20)21/h2-3,8-10H,4-7H2,1H3,(H,20,21). The van der Waals surface area contributed by atoms with E-state index in [9.17, 15) is 9.59 Å². The Morgan fingerprint density at radius 2 is 2.09 bits per heavy atom. The zero-order valence-corrected chi connectivity index (χ0v) is 13.0. The van der Waals surface area contributed by atoms with E-state index in [1.165, 1.54) is 0 Å². The van der Waals surface area contributed by atoms with Crippen LogP contribution in [0.5, 0.6) is 0 Å². The van der Waals surface area contributed by atoms with Gasteiger partial charge in [0.25, 0.3) is 5.91 Å². The molecule has 7 heteroatoms. The van der Waals surface area contributed by atoms with E-state index >= 15 is 0 Å². The number of aliphatic carboxylic acids is 1. The molecule has 116 valence electrons. The first-order valence-corrected chi connectivity index (χ1v) is 8.04. The van der Waals surface area contributed by atoms with Gasteiger partial charge in [0.2, 0.25) is 0 Å². The number of piperidine rings is 1. The SMILES string of the molecule is Cn1cc(C(=O)N2CCC(C(=O)O)CC2)c(-c2cccs2)n1. The molecular formula is C15H17N3O3S. The van der Waals surface area contributed by atoms with Crippen LogP contribution in [0, 0.1) is 5.92 Å². The largest absolute Gasteiger partial charge is 0.481 e. The second-order valence-electron chi connectivity index (χ2n) is 5.45. The summed E-state index contributed by atoms with van der Waals surface area (Å²) in [5.41, 5.74) is 1.28. The van der Waals surface area contributed by atoms with Gasteiger partial charge < -0.3 is 10.0 Å². The van der Waals surface area contributed by atoms with Crippen molar-refractivity contribution in [2.75, 3.05) is 13.1 Å². The highest BCUT2D eigenvalue weighted by molar-refractivity contribution is 7.13. The van der Waals surface area contributed by atoms with Gasteiger partial charge in [0, 0.05) is 26.3 Å². The summed E-state index contributed by atoms with van der Waals surface area (Å²) in [7, 11) is 1.80. The number of amides is 1. The third-order valence-corrected chi connectivity index (χ3v) is 4.82. The van der Waals surface area contributed by atoms with Crippen LogP contribution < -0.4 is 0 Å². The molecule has 0 aromatic carbocycles. The number of carboxylic acids is 1. The lowest BCUT2D eigenvalue weighted by Gasteiger charge is -2.30. The Labute approximate surface area is 132 Å². The number of nitrogens with zero attached hydrogens (tertiary/aromatic N) is 3. The number of aryl methyl sites for hydroxylation is 1. The van der Waals surface area contributed by atoms with E-state index in [-0.39, 0.29) is 11.8 Å². The fourth-order valence-corrected chi connectivity index (χ4v) is 3.46. The molecule has 1 N–H and O–H groups in total. The number of aromatic nitrogens is 2. The fourth-order valence-electron chi connectivity index (χ4n) is 2.74. The van der Waals surface area contributed by atoms with Crippen molar-refractivity contribution in [1.29, 1.82) is 0 Å². The van der Waals surface area contributed by atoms with E-state index in [2.05, 4.69) is 5.10 Å². The highest BCUT2D eigenvalue weighted by atomic mass is 32.1. The van der Waals surface area contributed by atoms with E-state index in [0.29, 0.717) is 37.2 Å². The van der Waals surface area contributed by atoms with Gasteiger partial charge in [-0.05, 0) is 24.3 Å². The van der Waals surface area contributed by atoms with Crippen LogP contribution in [0.15, 0.2) is 23.7 Å². The summed E-state index contributed by atoms with van der Waals surface area (Å²) in [5.74, 6) is -1.18. The lowest BCUT2D eigenvalue weighted by Crippen LogP contribution is -2.40. The topological polar surface area (TPSA) is 75.4 Å². The zero-order chi connectivity index (χ0) is 15.7. The maximum Gasteiger partial charge on any atom is 0.306 e. The number of hydrogen-bond donors (Lipinski definition) is 1. The molecular weight excluding hydrogens is 302 g/mol. The van der Waals surface area contributed by atoms with Crippen molar-refractivity contribution in [3.63, 3.8) is 0 Å². The second kappa shape index (κ2) is 5.92. The van der Waals surface area contributed by atoms with Crippen LogP contribution in [0.4, 0.5) is 0 Å². The van der Waals surface area contributed by atoms with Gasteiger partial charge >= 0.3 is 5.97 Å².